The molecule has 0 saturated carbocycles. The van der Waals surface area contributed by atoms with Gasteiger partial charge in [0, 0.05) is 11.1 Å². The van der Waals surface area contributed by atoms with Gasteiger partial charge in [0.15, 0.2) is 12.4 Å². The van der Waals surface area contributed by atoms with Crippen molar-refractivity contribution in [1.82, 2.24) is 5.32 Å². The van der Waals surface area contributed by atoms with Crippen LogP contribution >= 0.6 is 11.6 Å². The number of carbonyl (C=O) groups excluding carboxylic acids is 2. The molecule has 0 bridgehead atoms. The van der Waals surface area contributed by atoms with E-state index in [-0.39, 0.29) is 30.2 Å². The number of benzene rings is 2. The highest BCUT2D eigenvalue weighted by Crippen LogP contribution is 2.27. The second-order valence-corrected chi connectivity index (χ2v) is 5.81. The van der Waals surface area contributed by atoms with E-state index < -0.39 is 23.4 Å². The molecule has 0 fully saturated rings. The summed E-state index contributed by atoms with van der Waals surface area (Å²) in [4.78, 5) is 34.0. The Balaban J connectivity index is 1.76. The fourth-order valence-electron chi connectivity index (χ4n) is 2.12. The van der Waals surface area contributed by atoms with Crippen LogP contribution in [0.1, 0.15) is 10.4 Å². The molecule has 1 amide bonds. The molecular weight excluding hydrogens is 392 g/mol. The van der Waals surface area contributed by atoms with Gasteiger partial charge >= 0.3 is 11.7 Å². The monoisotopic (exact) mass is 408 g/mol. The molecule has 0 radical (unpaired) electrons. The molecule has 0 unspecified atom stereocenters. The predicted octanol–water partition coefficient (Wildman–Crippen LogP) is 2.61. The van der Waals surface area contributed by atoms with Crippen LogP contribution in [0, 0.1) is 10.1 Å². The standard InChI is InChI=1S/C18H17ClN2O7/c1-26-16-7-2-12(10-15(16)21(24)25)18(23)28-11-17(22)20-8-9-27-14-5-3-13(19)4-6-14/h2-7,10H,8-9,11H2,1H3,(H,20,22). The summed E-state index contributed by atoms with van der Waals surface area (Å²) in [7, 11) is 1.28. The van der Waals surface area contributed by atoms with Crippen LogP contribution in [0.5, 0.6) is 11.5 Å². The lowest BCUT2D eigenvalue weighted by atomic mass is 10.2. The third-order valence-corrected chi connectivity index (χ3v) is 3.70. The minimum absolute atomic E-state index is 0.0139. The predicted molar refractivity (Wildman–Crippen MR) is 99.9 cm³/mol. The summed E-state index contributed by atoms with van der Waals surface area (Å²) in [5.74, 6) is -0.777. The highest BCUT2D eigenvalue weighted by Gasteiger charge is 2.19. The molecule has 2 aromatic rings. The van der Waals surface area contributed by atoms with E-state index in [0.717, 1.165) is 6.07 Å². The number of amides is 1. The van der Waals surface area contributed by atoms with E-state index in [4.69, 9.17) is 25.8 Å². The molecule has 0 aliphatic heterocycles. The molecule has 0 atom stereocenters. The average Bonchev–Trinajstić information content (AvgIpc) is 2.70. The van der Waals surface area contributed by atoms with Gasteiger partial charge in [0.2, 0.25) is 0 Å². The Kier molecular flexibility index (Phi) is 7.58. The Morgan fingerprint density at radius 1 is 1.18 bits per heavy atom. The number of nitrogens with zero attached hydrogens (tertiary/aromatic N) is 1. The molecule has 2 rings (SSSR count). The molecule has 2 aromatic carbocycles. The normalized spacial score (nSPS) is 10.1. The van der Waals surface area contributed by atoms with Gasteiger partial charge in [-0.3, -0.25) is 14.9 Å². The fourth-order valence-corrected chi connectivity index (χ4v) is 2.24. The van der Waals surface area contributed by atoms with Crippen molar-refractivity contribution in [3.63, 3.8) is 0 Å². The number of hydrogen-bond acceptors (Lipinski definition) is 7. The van der Waals surface area contributed by atoms with Crippen LogP contribution < -0.4 is 14.8 Å². The summed E-state index contributed by atoms with van der Waals surface area (Å²) in [6.07, 6.45) is 0. The number of halogens is 1. The van der Waals surface area contributed by atoms with Gasteiger partial charge in [-0.25, -0.2) is 4.79 Å². The highest BCUT2D eigenvalue weighted by atomic mass is 35.5. The maximum Gasteiger partial charge on any atom is 0.338 e. The molecule has 0 aromatic heterocycles. The number of esters is 1. The topological polar surface area (TPSA) is 117 Å². The van der Waals surface area contributed by atoms with Crippen molar-refractivity contribution in [3.05, 3.63) is 63.2 Å². The summed E-state index contributed by atoms with van der Waals surface area (Å²) < 4.78 is 15.1. The minimum Gasteiger partial charge on any atom is -0.492 e. The first-order valence-electron chi connectivity index (χ1n) is 8.05. The molecule has 0 heterocycles. The average molecular weight is 409 g/mol. The van der Waals surface area contributed by atoms with Crippen LogP contribution in [0.3, 0.4) is 0 Å². The number of ether oxygens (including phenoxy) is 3. The summed E-state index contributed by atoms with van der Waals surface area (Å²) >= 11 is 5.76. The van der Waals surface area contributed by atoms with Crippen molar-refractivity contribution in [1.29, 1.82) is 0 Å². The van der Waals surface area contributed by atoms with Crippen molar-refractivity contribution in [2.24, 2.45) is 0 Å². The van der Waals surface area contributed by atoms with Crippen LogP contribution in [0.25, 0.3) is 0 Å². The Hall–Kier alpha value is -3.33. The van der Waals surface area contributed by atoms with Gasteiger partial charge in [0.1, 0.15) is 12.4 Å². The van der Waals surface area contributed by atoms with E-state index >= 15 is 0 Å². The van der Waals surface area contributed by atoms with Gasteiger partial charge in [0.25, 0.3) is 5.91 Å². The van der Waals surface area contributed by atoms with Crippen molar-refractivity contribution in [2.75, 3.05) is 26.9 Å². The first kappa shape index (κ1) is 21.0. The highest BCUT2D eigenvalue weighted by molar-refractivity contribution is 6.30. The maximum atomic E-state index is 12.0. The van der Waals surface area contributed by atoms with Crippen LogP contribution in [0.15, 0.2) is 42.5 Å². The van der Waals surface area contributed by atoms with Gasteiger partial charge < -0.3 is 19.5 Å². The number of hydrogen-bond donors (Lipinski definition) is 1. The molecule has 28 heavy (non-hydrogen) atoms. The number of nitro benzene ring substituents is 1. The SMILES string of the molecule is COc1ccc(C(=O)OCC(=O)NCCOc2ccc(Cl)cc2)cc1[N+](=O)[O-]. The number of nitro groups is 1. The summed E-state index contributed by atoms with van der Waals surface area (Å²) in [5.41, 5.74) is -0.438. The van der Waals surface area contributed by atoms with E-state index in [2.05, 4.69) is 5.32 Å². The van der Waals surface area contributed by atoms with Crippen molar-refractivity contribution in [2.45, 2.75) is 0 Å². The summed E-state index contributed by atoms with van der Waals surface area (Å²) in [5, 5.41) is 14.1. The molecule has 0 aliphatic rings. The zero-order valence-corrected chi connectivity index (χ0v) is 15.6. The number of rotatable bonds is 9. The lowest BCUT2D eigenvalue weighted by Crippen LogP contribution is -2.32. The van der Waals surface area contributed by atoms with Crippen LogP contribution in [0.4, 0.5) is 5.69 Å². The quantitative estimate of drug-likeness (QED) is 0.293. The Bertz CT molecular complexity index is 856. The molecule has 10 heteroatoms. The Labute approximate surface area is 165 Å². The Morgan fingerprint density at radius 2 is 1.89 bits per heavy atom. The first-order valence-corrected chi connectivity index (χ1v) is 8.43. The zero-order chi connectivity index (χ0) is 20.5. The van der Waals surface area contributed by atoms with Gasteiger partial charge in [-0.05, 0) is 36.4 Å². The minimum atomic E-state index is -0.863. The van der Waals surface area contributed by atoms with Crippen molar-refractivity contribution < 1.29 is 28.7 Å². The molecule has 0 saturated heterocycles. The van der Waals surface area contributed by atoms with E-state index in [1.807, 2.05) is 0 Å². The molecule has 0 aliphatic carbocycles. The fraction of sp³-hybridized carbons (Fsp3) is 0.222. The van der Waals surface area contributed by atoms with Gasteiger partial charge in [-0.1, -0.05) is 11.6 Å². The third kappa shape index (κ3) is 6.13. The maximum absolute atomic E-state index is 12.0. The van der Waals surface area contributed by atoms with Crippen molar-refractivity contribution >= 4 is 29.2 Å². The molecule has 148 valence electrons. The summed E-state index contributed by atoms with van der Waals surface area (Å²) in [6, 6.07) is 10.4. The molecule has 1 N–H and O–H groups in total. The largest absolute Gasteiger partial charge is 0.492 e. The second kappa shape index (κ2) is 10.1. The van der Waals surface area contributed by atoms with E-state index in [0.29, 0.717) is 10.8 Å². The van der Waals surface area contributed by atoms with Crippen molar-refractivity contribution in [3.8, 4) is 11.5 Å². The molecular formula is C18H17ClN2O7. The van der Waals surface area contributed by atoms with Gasteiger partial charge in [0.05, 0.1) is 24.1 Å². The van der Waals surface area contributed by atoms with E-state index in [1.165, 1.54) is 19.2 Å². The van der Waals surface area contributed by atoms with E-state index in [9.17, 15) is 19.7 Å². The number of nitrogens with one attached hydrogen (secondary N) is 1. The first-order chi connectivity index (χ1) is 13.4. The lowest BCUT2D eigenvalue weighted by Gasteiger charge is -2.09. The molecule has 0 spiro atoms. The smallest absolute Gasteiger partial charge is 0.338 e. The van der Waals surface area contributed by atoms with Crippen LogP contribution in [-0.2, 0) is 9.53 Å². The van der Waals surface area contributed by atoms with Gasteiger partial charge in [-0.15, -0.1) is 0 Å². The number of methoxy groups -OCH3 is 1. The van der Waals surface area contributed by atoms with E-state index in [1.54, 1.807) is 24.3 Å². The zero-order valence-electron chi connectivity index (χ0n) is 14.8. The molecule has 9 nitrogen and oxygen atoms in total. The lowest BCUT2D eigenvalue weighted by molar-refractivity contribution is -0.385. The summed E-state index contributed by atoms with van der Waals surface area (Å²) in [6.45, 7) is -0.112. The Morgan fingerprint density at radius 3 is 2.54 bits per heavy atom. The third-order valence-electron chi connectivity index (χ3n) is 3.45. The van der Waals surface area contributed by atoms with Gasteiger partial charge in [-0.2, -0.15) is 0 Å². The van der Waals surface area contributed by atoms with Crippen LogP contribution in [-0.4, -0.2) is 43.7 Å². The second-order valence-electron chi connectivity index (χ2n) is 5.37. The van der Waals surface area contributed by atoms with Crippen LogP contribution in [0.2, 0.25) is 5.02 Å². The number of carbonyl (C=O) groups is 2.